The lowest BCUT2D eigenvalue weighted by molar-refractivity contribution is -0.141. The molecule has 0 radical (unpaired) electrons. The molecule has 2 rings (SSSR count). The number of hydrogen-bond donors (Lipinski definition) is 1. The fourth-order valence-electron chi connectivity index (χ4n) is 1.94. The Hall–Kier alpha value is -2.87. The fourth-order valence-corrected chi connectivity index (χ4v) is 1.94. The minimum atomic E-state index is -0.711. The first-order valence-electron chi connectivity index (χ1n) is 6.42. The molecule has 0 amide bonds. The van der Waals surface area contributed by atoms with Crippen LogP contribution in [0.25, 0.3) is 0 Å². The first kappa shape index (κ1) is 14.5. The Balaban J connectivity index is 2.39. The topological polar surface area (TPSA) is 75.0 Å². The molecule has 0 aliphatic rings. The second-order valence-electron chi connectivity index (χ2n) is 4.47. The quantitative estimate of drug-likeness (QED) is 0.872. The molecule has 0 aliphatic carbocycles. The molecule has 5 heteroatoms. The summed E-state index contributed by atoms with van der Waals surface area (Å²) in [6.07, 6.45) is 0. The minimum Gasteiger partial charge on any atom is -0.467 e. The van der Waals surface area contributed by atoms with E-state index in [1.165, 1.54) is 7.11 Å². The van der Waals surface area contributed by atoms with Gasteiger partial charge in [-0.3, -0.25) is 0 Å². The lowest BCUT2D eigenvalue weighted by Gasteiger charge is -2.18. The zero-order chi connectivity index (χ0) is 15.2. The number of aromatic nitrogens is 1. The molecule has 106 valence electrons. The van der Waals surface area contributed by atoms with E-state index in [1.807, 2.05) is 37.3 Å². The van der Waals surface area contributed by atoms with E-state index in [0.717, 1.165) is 11.3 Å². The monoisotopic (exact) mass is 281 g/mol. The molecule has 0 spiro atoms. The Morgan fingerprint density at radius 3 is 2.62 bits per heavy atom. The molecule has 1 aromatic heterocycles. The normalized spacial score (nSPS) is 11.3. The Morgan fingerprint density at radius 2 is 2.00 bits per heavy atom. The van der Waals surface area contributed by atoms with Crippen LogP contribution in [0.2, 0.25) is 0 Å². The van der Waals surface area contributed by atoms with Crippen LogP contribution in [-0.4, -0.2) is 18.1 Å². The summed E-state index contributed by atoms with van der Waals surface area (Å²) in [6, 6.07) is 13.9. The summed E-state index contributed by atoms with van der Waals surface area (Å²) in [4.78, 5) is 16.3. The van der Waals surface area contributed by atoms with Gasteiger partial charge in [-0.2, -0.15) is 5.26 Å². The van der Waals surface area contributed by atoms with E-state index in [4.69, 9.17) is 10.00 Å². The largest absolute Gasteiger partial charge is 0.467 e. The van der Waals surface area contributed by atoms with Crippen molar-refractivity contribution in [3.63, 3.8) is 0 Å². The number of rotatable bonds is 4. The van der Waals surface area contributed by atoms with E-state index >= 15 is 0 Å². The molecule has 0 saturated heterocycles. The number of carbonyl (C=O) groups excluding carboxylic acids is 1. The molecule has 5 nitrogen and oxygen atoms in total. The molecule has 0 saturated carbocycles. The third-order valence-electron chi connectivity index (χ3n) is 3.01. The number of nitriles is 1. The van der Waals surface area contributed by atoms with Crippen molar-refractivity contribution >= 4 is 11.8 Å². The summed E-state index contributed by atoms with van der Waals surface area (Å²) in [5.74, 6) is -0.0647. The van der Waals surface area contributed by atoms with Crippen LogP contribution in [0.5, 0.6) is 0 Å². The average Bonchev–Trinajstić information content (AvgIpc) is 2.53. The van der Waals surface area contributed by atoms with Crippen molar-refractivity contribution < 1.29 is 9.53 Å². The van der Waals surface area contributed by atoms with Gasteiger partial charge < -0.3 is 10.1 Å². The maximum absolute atomic E-state index is 12.0. The van der Waals surface area contributed by atoms with Gasteiger partial charge in [-0.05, 0) is 24.6 Å². The van der Waals surface area contributed by atoms with Gasteiger partial charge in [0.1, 0.15) is 11.9 Å². The number of aryl methyl sites for hydroxylation is 1. The fraction of sp³-hybridized carbons (Fsp3) is 0.188. The Kier molecular flexibility index (Phi) is 4.52. The van der Waals surface area contributed by atoms with E-state index in [-0.39, 0.29) is 0 Å². The van der Waals surface area contributed by atoms with Gasteiger partial charge in [0, 0.05) is 5.69 Å². The number of nitrogens with one attached hydrogen (secondary N) is 1. The van der Waals surface area contributed by atoms with Crippen LogP contribution in [0.1, 0.15) is 22.9 Å². The highest BCUT2D eigenvalue weighted by Crippen LogP contribution is 2.22. The van der Waals surface area contributed by atoms with E-state index < -0.39 is 12.0 Å². The smallest absolute Gasteiger partial charge is 0.333 e. The Labute approximate surface area is 123 Å². The van der Waals surface area contributed by atoms with Crippen molar-refractivity contribution in [2.45, 2.75) is 13.0 Å². The molecule has 1 heterocycles. The molecule has 2 aromatic rings. The second-order valence-corrected chi connectivity index (χ2v) is 4.47. The second kappa shape index (κ2) is 6.53. The van der Waals surface area contributed by atoms with Crippen LogP contribution in [-0.2, 0) is 9.53 Å². The molecular formula is C16H15N3O2. The van der Waals surface area contributed by atoms with Crippen molar-refractivity contribution in [3.05, 3.63) is 59.3 Å². The molecule has 1 unspecified atom stereocenters. The van der Waals surface area contributed by atoms with Gasteiger partial charge in [0.2, 0.25) is 0 Å². The maximum Gasteiger partial charge on any atom is 0.333 e. The number of nitrogens with zero attached hydrogens (tertiary/aromatic N) is 2. The van der Waals surface area contributed by atoms with Crippen molar-refractivity contribution in [1.82, 2.24) is 4.98 Å². The van der Waals surface area contributed by atoms with E-state index in [2.05, 4.69) is 16.4 Å². The first-order valence-corrected chi connectivity index (χ1v) is 6.42. The molecule has 1 atom stereocenters. The number of methoxy groups -OCH3 is 1. The van der Waals surface area contributed by atoms with Gasteiger partial charge in [0.25, 0.3) is 0 Å². The third-order valence-corrected chi connectivity index (χ3v) is 3.01. The highest BCUT2D eigenvalue weighted by molar-refractivity contribution is 5.81. The van der Waals surface area contributed by atoms with E-state index in [9.17, 15) is 4.79 Å². The van der Waals surface area contributed by atoms with Gasteiger partial charge in [0.05, 0.1) is 12.7 Å². The SMILES string of the molecule is COC(=O)C(Nc1nc(C)ccc1C#N)c1ccccc1. The van der Waals surface area contributed by atoms with E-state index in [1.54, 1.807) is 12.1 Å². The number of benzene rings is 1. The zero-order valence-electron chi connectivity index (χ0n) is 11.8. The number of anilines is 1. The lowest BCUT2D eigenvalue weighted by Crippen LogP contribution is -2.23. The Morgan fingerprint density at radius 1 is 1.29 bits per heavy atom. The highest BCUT2D eigenvalue weighted by Gasteiger charge is 2.22. The van der Waals surface area contributed by atoms with Crippen molar-refractivity contribution in [2.24, 2.45) is 0 Å². The van der Waals surface area contributed by atoms with Gasteiger partial charge in [-0.15, -0.1) is 0 Å². The van der Waals surface area contributed by atoms with Gasteiger partial charge in [-0.25, -0.2) is 9.78 Å². The predicted molar refractivity (Wildman–Crippen MR) is 78.5 cm³/mol. The summed E-state index contributed by atoms with van der Waals surface area (Å²) in [5, 5.41) is 12.1. The van der Waals surface area contributed by atoms with Crippen LogP contribution in [0.15, 0.2) is 42.5 Å². The summed E-state index contributed by atoms with van der Waals surface area (Å²) in [6.45, 7) is 1.82. The molecule has 0 aliphatic heterocycles. The average molecular weight is 281 g/mol. The standard InChI is InChI=1S/C16H15N3O2/c1-11-8-9-13(10-17)15(18-11)19-14(16(20)21-2)12-6-4-3-5-7-12/h3-9,14H,1-2H3,(H,18,19). The van der Waals surface area contributed by atoms with Gasteiger partial charge >= 0.3 is 5.97 Å². The van der Waals surface area contributed by atoms with Gasteiger partial charge in [0.15, 0.2) is 6.04 Å². The molecule has 1 aromatic carbocycles. The number of carbonyl (C=O) groups is 1. The Bertz CT molecular complexity index is 678. The molecule has 0 fully saturated rings. The summed E-state index contributed by atoms with van der Waals surface area (Å²) >= 11 is 0. The van der Waals surface area contributed by atoms with Gasteiger partial charge in [-0.1, -0.05) is 30.3 Å². The number of pyridine rings is 1. The summed E-state index contributed by atoms with van der Waals surface area (Å²) in [7, 11) is 1.33. The third kappa shape index (κ3) is 3.37. The molecule has 1 N–H and O–H groups in total. The molecular weight excluding hydrogens is 266 g/mol. The zero-order valence-corrected chi connectivity index (χ0v) is 11.8. The van der Waals surface area contributed by atoms with Crippen LogP contribution in [0, 0.1) is 18.3 Å². The minimum absolute atomic E-state index is 0.372. The highest BCUT2D eigenvalue weighted by atomic mass is 16.5. The van der Waals surface area contributed by atoms with E-state index in [0.29, 0.717) is 11.4 Å². The maximum atomic E-state index is 12.0. The summed E-state index contributed by atoms with van der Waals surface area (Å²) in [5.41, 5.74) is 1.88. The van der Waals surface area contributed by atoms with Crippen molar-refractivity contribution in [1.29, 1.82) is 5.26 Å². The number of ether oxygens (including phenoxy) is 1. The molecule has 21 heavy (non-hydrogen) atoms. The van der Waals surface area contributed by atoms with Crippen LogP contribution >= 0.6 is 0 Å². The number of hydrogen-bond acceptors (Lipinski definition) is 5. The summed E-state index contributed by atoms with van der Waals surface area (Å²) < 4.78 is 4.83. The van der Waals surface area contributed by atoms with Crippen LogP contribution < -0.4 is 5.32 Å². The van der Waals surface area contributed by atoms with Crippen molar-refractivity contribution in [3.8, 4) is 6.07 Å². The van der Waals surface area contributed by atoms with Crippen molar-refractivity contribution in [2.75, 3.05) is 12.4 Å². The number of esters is 1. The lowest BCUT2D eigenvalue weighted by atomic mass is 10.1. The first-order chi connectivity index (χ1) is 10.2. The predicted octanol–water partition coefficient (Wildman–Crippen LogP) is 2.59. The van der Waals surface area contributed by atoms with Crippen LogP contribution in [0.3, 0.4) is 0 Å². The molecule has 0 bridgehead atoms. The van der Waals surface area contributed by atoms with Crippen LogP contribution in [0.4, 0.5) is 5.82 Å².